The van der Waals surface area contributed by atoms with E-state index in [1.165, 1.54) is 32.1 Å². The smallest absolute Gasteiger partial charge is 0.309 e. The Labute approximate surface area is 113 Å². The quantitative estimate of drug-likeness (QED) is 0.333. The third kappa shape index (κ3) is 13.3. The number of hydrogen-bond donors (Lipinski definition) is 0. The van der Waals surface area contributed by atoms with Gasteiger partial charge in [0.1, 0.15) is 0 Å². The van der Waals surface area contributed by atoms with E-state index in [9.17, 15) is 4.79 Å². The molecule has 0 aromatic heterocycles. The van der Waals surface area contributed by atoms with Crippen molar-refractivity contribution in [2.24, 2.45) is 5.41 Å². The van der Waals surface area contributed by atoms with Gasteiger partial charge in [0.05, 0.1) is 13.0 Å². The third-order valence-electron chi connectivity index (χ3n) is 2.66. The van der Waals surface area contributed by atoms with Crippen LogP contribution in [0.1, 0.15) is 72.6 Å². The zero-order valence-electron chi connectivity index (χ0n) is 12.6. The van der Waals surface area contributed by atoms with Gasteiger partial charge in [0.25, 0.3) is 0 Å². The number of esters is 1. The van der Waals surface area contributed by atoms with Crippen molar-refractivity contribution in [3.8, 4) is 0 Å². The van der Waals surface area contributed by atoms with Crippen LogP contribution in [0.3, 0.4) is 0 Å². The SMILES string of the molecule is CCCCCCCCOC(=O)C/C=C\C(C)(C)C. The standard InChI is InChI=1S/C16H30O2/c1-5-6-7-8-9-10-14-18-15(17)12-11-13-16(2,3)4/h11,13H,5-10,12,14H2,1-4H3/b13-11-. The molecule has 0 unspecified atom stereocenters. The van der Waals surface area contributed by atoms with Crippen LogP contribution in [0.4, 0.5) is 0 Å². The maximum atomic E-state index is 11.4. The molecule has 0 heterocycles. The first-order chi connectivity index (χ1) is 8.45. The molecular weight excluding hydrogens is 224 g/mol. The van der Waals surface area contributed by atoms with E-state index in [0.29, 0.717) is 13.0 Å². The Hall–Kier alpha value is -0.790. The summed E-state index contributed by atoms with van der Waals surface area (Å²) in [6, 6.07) is 0. The summed E-state index contributed by atoms with van der Waals surface area (Å²) in [7, 11) is 0. The second-order valence-electron chi connectivity index (χ2n) is 5.96. The maximum absolute atomic E-state index is 11.4. The molecule has 0 atom stereocenters. The van der Waals surface area contributed by atoms with Crippen molar-refractivity contribution in [1.29, 1.82) is 0 Å². The molecular formula is C16H30O2. The van der Waals surface area contributed by atoms with Crippen LogP contribution in [0.15, 0.2) is 12.2 Å². The molecule has 0 spiro atoms. The molecule has 0 saturated heterocycles. The van der Waals surface area contributed by atoms with Gasteiger partial charge in [0, 0.05) is 0 Å². The fourth-order valence-electron chi connectivity index (χ4n) is 1.64. The van der Waals surface area contributed by atoms with Gasteiger partial charge < -0.3 is 4.74 Å². The first-order valence-corrected chi connectivity index (χ1v) is 7.29. The normalized spacial score (nSPS) is 12.0. The molecule has 0 aliphatic heterocycles. The van der Waals surface area contributed by atoms with Crippen molar-refractivity contribution in [3.63, 3.8) is 0 Å². The molecule has 2 heteroatoms. The Morgan fingerprint density at radius 2 is 1.67 bits per heavy atom. The van der Waals surface area contributed by atoms with Crippen LogP contribution < -0.4 is 0 Å². The van der Waals surface area contributed by atoms with E-state index in [0.717, 1.165) is 6.42 Å². The van der Waals surface area contributed by atoms with Gasteiger partial charge in [0.2, 0.25) is 0 Å². The van der Waals surface area contributed by atoms with Gasteiger partial charge in [-0.05, 0) is 11.8 Å². The summed E-state index contributed by atoms with van der Waals surface area (Å²) in [4.78, 5) is 11.4. The molecule has 0 rings (SSSR count). The third-order valence-corrected chi connectivity index (χ3v) is 2.66. The van der Waals surface area contributed by atoms with E-state index in [1.54, 1.807) is 0 Å². The van der Waals surface area contributed by atoms with Crippen molar-refractivity contribution >= 4 is 5.97 Å². The molecule has 0 N–H and O–H groups in total. The summed E-state index contributed by atoms with van der Waals surface area (Å²) < 4.78 is 5.17. The number of unbranched alkanes of at least 4 members (excludes halogenated alkanes) is 5. The highest BCUT2D eigenvalue weighted by molar-refractivity contribution is 5.71. The maximum Gasteiger partial charge on any atom is 0.309 e. The van der Waals surface area contributed by atoms with Crippen LogP contribution in [0.5, 0.6) is 0 Å². The Morgan fingerprint density at radius 3 is 2.28 bits per heavy atom. The number of carbonyl (C=O) groups excluding carboxylic acids is 1. The fraction of sp³-hybridized carbons (Fsp3) is 0.812. The Morgan fingerprint density at radius 1 is 1.06 bits per heavy atom. The van der Waals surface area contributed by atoms with Crippen LogP contribution in [-0.2, 0) is 9.53 Å². The van der Waals surface area contributed by atoms with Gasteiger partial charge in [-0.1, -0.05) is 72.0 Å². The zero-order valence-corrected chi connectivity index (χ0v) is 12.6. The lowest BCUT2D eigenvalue weighted by atomic mass is 9.96. The van der Waals surface area contributed by atoms with Crippen LogP contribution in [0, 0.1) is 5.41 Å². The average molecular weight is 254 g/mol. The second kappa shape index (κ2) is 10.2. The van der Waals surface area contributed by atoms with E-state index in [1.807, 2.05) is 6.08 Å². The van der Waals surface area contributed by atoms with Gasteiger partial charge in [0.15, 0.2) is 0 Å². The predicted octanol–water partition coefficient (Wildman–Crippen LogP) is 4.88. The Kier molecular flexibility index (Phi) is 9.72. The molecule has 18 heavy (non-hydrogen) atoms. The van der Waals surface area contributed by atoms with E-state index in [2.05, 4.69) is 33.8 Å². The molecule has 0 fully saturated rings. The molecule has 106 valence electrons. The van der Waals surface area contributed by atoms with E-state index < -0.39 is 0 Å². The monoisotopic (exact) mass is 254 g/mol. The highest BCUT2D eigenvalue weighted by atomic mass is 16.5. The van der Waals surface area contributed by atoms with Crippen LogP contribution in [0.2, 0.25) is 0 Å². The summed E-state index contributed by atoms with van der Waals surface area (Å²) in [6.45, 7) is 9.14. The zero-order chi connectivity index (χ0) is 13.9. The van der Waals surface area contributed by atoms with Gasteiger partial charge in [-0.25, -0.2) is 0 Å². The number of hydrogen-bond acceptors (Lipinski definition) is 2. The van der Waals surface area contributed by atoms with E-state index in [4.69, 9.17) is 4.74 Å². The van der Waals surface area contributed by atoms with Crippen molar-refractivity contribution in [2.45, 2.75) is 72.6 Å². The molecule has 0 aliphatic rings. The van der Waals surface area contributed by atoms with Crippen molar-refractivity contribution in [2.75, 3.05) is 6.61 Å². The molecule has 0 saturated carbocycles. The van der Waals surface area contributed by atoms with E-state index in [-0.39, 0.29) is 11.4 Å². The van der Waals surface area contributed by atoms with Gasteiger partial charge in [-0.3, -0.25) is 4.79 Å². The highest BCUT2D eigenvalue weighted by Crippen LogP contribution is 2.14. The van der Waals surface area contributed by atoms with Gasteiger partial charge in [-0.15, -0.1) is 0 Å². The topological polar surface area (TPSA) is 26.3 Å². The molecule has 0 aromatic rings. The highest BCUT2D eigenvalue weighted by Gasteiger charge is 2.05. The Balaban J connectivity index is 3.40. The first-order valence-electron chi connectivity index (χ1n) is 7.29. The lowest BCUT2D eigenvalue weighted by Crippen LogP contribution is -2.05. The van der Waals surface area contributed by atoms with Crippen molar-refractivity contribution in [3.05, 3.63) is 12.2 Å². The number of carbonyl (C=O) groups is 1. The molecule has 0 aliphatic carbocycles. The first kappa shape index (κ1) is 17.2. The van der Waals surface area contributed by atoms with Crippen molar-refractivity contribution < 1.29 is 9.53 Å². The molecule has 0 bridgehead atoms. The number of allylic oxidation sites excluding steroid dienone is 1. The summed E-state index contributed by atoms with van der Waals surface area (Å²) in [5, 5.41) is 0. The summed E-state index contributed by atoms with van der Waals surface area (Å²) in [5.74, 6) is -0.107. The minimum absolute atomic E-state index is 0.107. The lowest BCUT2D eigenvalue weighted by molar-refractivity contribution is -0.142. The van der Waals surface area contributed by atoms with E-state index >= 15 is 0 Å². The lowest BCUT2D eigenvalue weighted by Gasteiger charge is -2.10. The van der Waals surface area contributed by atoms with Crippen LogP contribution in [-0.4, -0.2) is 12.6 Å². The Bertz CT molecular complexity index is 236. The van der Waals surface area contributed by atoms with Crippen LogP contribution >= 0.6 is 0 Å². The molecule has 0 aromatic carbocycles. The van der Waals surface area contributed by atoms with Crippen LogP contribution in [0.25, 0.3) is 0 Å². The largest absolute Gasteiger partial charge is 0.465 e. The number of rotatable bonds is 9. The summed E-state index contributed by atoms with van der Waals surface area (Å²) in [6.07, 6.45) is 11.7. The average Bonchev–Trinajstić information content (AvgIpc) is 2.26. The predicted molar refractivity (Wildman–Crippen MR) is 77.5 cm³/mol. The van der Waals surface area contributed by atoms with Gasteiger partial charge >= 0.3 is 5.97 Å². The fourth-order valence-corrected chi connectivity index (χ4v) is 1.64. The summed E-state index contributed by atoms with van der Waals surface area (Å²) >= 11 is 0. The summed E-state index contributed by atoms with van der Waals surface area (Å²) in [5.41, 5.74) is 0.138. The van der Waals surface area contributed by atoms with Crippen molar-refractivity contribution in [1.82, 2.24) is 0 Å². The minimum Gasteiger partial charge on any atom is -0.465 e. The minimum atomic E-state index is -0.107. The molecule has 0 radical (unpaired) electrons. The number of ether oxygens (including phenoxy) is 1. The molecule has 0 amide bonds. The van der Waals surface area contributed by atoms with Gasteiger partial charge in [-0.2, -0.15) is 0 Å². The molecule has 2 nitrogen and oxygen atoms in total. The second-order valence-corrected chi connectivity index (χ2v) is 5.96.